The lowest BCUT2D eigenvalue weighted by Gasteiger charge is -2.20. The van der Waals surface area contributed by atoms with Crippen molar-refractivity contribution in [1.29, 1.82) is 0 Å². The molecule has 0 aromatic heterocycles. The van der Waals surface area contributed by atoms with Crippen molar-refractivity contribution in [3.8, 4) is 0 Å². The fourth-order valence-corrected chi connectivity index (χ4v) is 2.61. The maximum absolute atomic E-state index is 12.0. The van der Waals surface area contributed by atoms with Crippen LogP contribution >= 0.6 is 24.0 Å². The first kappa shape index (κ1) is 27.4. The van der Waals surface area contributed by atoms with Crippen molar-refractivity contribution in [2.24, 2.45) is 4.99 Å². The van der Waals surface area contributed by atoms with Gasteiger partial charge in [-0.1, -0.05) is 0 Å². The monoisotopic (exact) mass is 506 g/mol. The molecule has 0 heterocycles. The number of nitrogens with one attached hydrogen (secondary N) is 3. The zero-order chi connectivity index (χ0) is 19.7. The molecule has 0 fully saturated rings. The number of guanidine groups is 1. The molecule has 0 bridgehead atoms. The fourth-order valence-electron chi connectivity index (χ4n) is 1.63. The number of amides is 1. The van der Waals surface area contributed by atoms with Gasteiger partial charge in [-0.25, -0.2) is 13.2 Å². The smallest absolute Gasteiger partial charge is 0.407 e. The van der Waals surface area contributed by atoms with Crippen LogP contribution in [0.3, 0.4) is 0 Å². The van der Waals surface area contributed by atoms with Crippen LogP contribution in [0.15, 0.2) is 4.99 Å². The zero-order valence-corrected chi connectivity index (χ0v) is 20.1. The number of nitrogens with zero attached hydrogens (tertiary/aromatic N) is 1. The number of aliphatic imine (C=N–C) groups is 1. The summed E-state index contributed by atoms with van der Waals surface area (Å²) in [6, 6.07) is 0. The van der Waals surface area contributed by atoms with Gasteiger partial charge in [-0.05, 0) is 48.0 Å². The molecule has 0 aliphatic carbocycles. The predicted molar refractivity (Wildman–Crippen MR) is 117 cm³/mol. The number of alkyl carbamates (subject to hydrolysis) is 1. The van der Waals surface area contributed by atoms with Gasteiger partial charge in [0, 0.05) is 26.7 Å². The number of carbonyl (C=O) groups excluding carboxylic acids is 1. The molecule has 10 heteroatoms. The van der Waals surface area contributed by atoms with Crippen molar-refractivity contribution in [1.82, 2.24) is 16.0 Å². The van der Waals surface area contributed by atoms with Gasteiger partial charge in [-0.2, -0.15) is 0 Å². The number of sulfone groups is 1. The summed E-state index contributed by atoms with van der Waals surface area (Å²) in [6.45, 7) is 11.8. The summed E-state index contributed by atoms with van der Waals surface area (Å²) < 4.78 is 28.4. The van der Waals surface area contributed by atoms with Gasteiger partial charge >= 0.3 is 6.09 Å². The van der Waals surface area contributed by atoms with Crippen LogP contribution in [-0.4, -0.2) is 63.3 Å². The molecular formula is C16H35IN4O4S. The average molecular weight is 506 g/mol. The van der Waals surface area contributed by atoms with Gasteiger partial charge in [0.15, 0.2) is 15.8 Å². The summed E-state index contributed by atoms with van der Waals surface area (Å²) in [5.41, 5.74) is -0.512. The topological polar surface area (TPSA) is 109 Å². The van der Waals surface area contributed by atoms with Crippen LogP contribution in [0.4, 0.5) is 4.79 Å². The van der Waals surface area contributed by atoms with E-state index < -0.39 is 26.3 Å². The van der Waals surface area contributed by atoms with Crippen LogP contribution in [0.5, 0.6) is 0 Å². The van der Waals surface area contributed by atoms with E-state index in [2.05, 4.69) is 20.9 Å². The maximum Gasteiger partial charge on any atom is 0.407 e. The van der Waals surface area contributed by atoms with Gasteiger partial charge in [0.05, 0.1) is 10.5 Å². The Balaban J connectivity index is 0. The highest BCUT2D eigenvalue weighted by Crippen LogP contribution is 2.15. The van der Waals surface area contributed by atoms with Crippen LogP contribution in [0.25, 0.3) is 0 Å². The van der Waals surface area contributed by atoms with E-state index in [4.69, 9.17) is 4.74 Å². The number of hydrogen-bond acceptors (Lipinski definition) is 5. The quantitative estimate of drug-likeness (QED) is 0.211. The van der Waals surface area contributed by atoms with E-state index in [0.29, 0.717) is 25.5 Å². The van der Waals surface area contributed by atoms with Gasteiger partial charge in [-0.15, -0.1) is 24.0 Å². The SMILES string of the molecule is CN=C(NCCCNC(=O)OC(C)(C)C)NCCS(=O)(=O)C(C)(C)C.I. The second-order valence-electron chi connectivity index (χ2n) is 7.64. The Kier molecular flexibility index (Phi) is 12.5. The van der Waals surface area contributed by atoms with E-state index in [-0.39, 0.29) is 36.3 Å². The lowest BCUT2D eigenvalue weighted by Crippen LogP contribution is -2.42. The summed E-state index contributed by atoms with van der Waals surface area (Å²) in [7, 11) is -1.54. The molecule has 0 unspecified atom stereocenters. The molecule has 0 saturated carbocycles. The van der Waals surface area contributed by atoms with Gasteiger partial charge in [0.2, 0.25) is 0 Å². The molecule has 0 atom stereocenters. The molecule has 0 aromatic carbocycles. The third-order valence-electron chi connectivity index (χ3n) is 3.13. The predicted octanol–water partition coefficient (Wildman–Crippen LogP) is 1.90. The Hall–Kier alpha value is -0.780. The summed E-state index contributed by atoms with van der Waals surface area (Å²) in [6.07, 6.45) is 0.239. The molecule has 0 aliphatic rings. The summed E-state index contributed by atoms with van der Waals surface area (Å²) >= 11 is 0. The minimum absolute atomic E-state index is 0. The highest BCUT2D eigenvalue weighted by Gasteiger charge is 2.28. The first-order chi connectivity index (χ1) is 11.3. The molecule has 0 saturated heterocycles. The molecule has 0 rings (SSSR count). The van der Waals surface area contributed by atoms with Crippen LogP contribution in [-0.2, 0) is 14.6 Å². The first-order valence-electron chi connectivity index (χ1n) is 8.42. The Morgan fingerprint density at radius 3 is 1.92 bits per heavy atom. The summed E-state index contributed by atoms with van der Waals surface area (Å²) in [5, 5.41) is 8.71. The van der Waals surface area contributed by atoms with E-state index in [1.165, 1.54) is 0 Å². The normalized spacial score (nSPS) is 12.8. The second-order valence-corrected chi connectivity index (χ2v) is 10.5. The van der Waals surface area contributed by atoms with Gasteiger partial charge in [0.1, 0.15) is 5.60 Å². The molecule has 156 valence electrons. The Morgan fingerprint density at radius 1 is 0.962 bits per heavy atom. The Bertz CT molecular complexity index is 552. The van der Waals surface area contributed by atoms with Gasteiger partial charge < -0.3 is 20.7 Å². The molecule has 0 aliphatic heterocycles. The van der Waals surface area contributed by atoms with E-state index in [0.717, 1.165) is 0 Å². The van der Waals surface area contributed by atoms with Crippen LogP contribution in [0, 0.1) is 0 Å². The van der Waals surface area contributed by atoms with E-state index >= 15 is 0 Å². The molecule has 3 N–H and O–H groups in total. The van der Waals surface area contributed by atoms with Crippen LogP contribution < -0.4 is 16.0 Å². The zero-order valence-electron chi connectivity index (χ0n) is 16.9. The summed E-state index contributed by atoms with van der Waals surface area (Å²) in [4.78, 5) is 15.5. The van der Waals surface area contributed by atoms with Gasteiger partial charge in [-0.3, -0.25) is 4.99 Å². The molecule has 1 amide bonds. The molecular weight excluding hydrogens is 471 g/mol. The van der Waals surface area contributed by atoms with Crippen molar-refractivity contribution >= 4 is 45.9 Å². The van der Waals surface area contributed by atoms with E-state index in [1.807, 2.05) is 20.8 Å². The second kappa shape index (κ2) is 11.8. The van der Waals surface area contributed by atoms with E-state index in [1.54, 1.807) is 27.8 Å². The fraction of sp³-hybridized carbons (Fsp3) is 0.875. The average Bonchev–Trinajstić information content (AvgIpc) is 2.41. The van der Waals surface area contributed by atoms with Crippen molar-refractivity contribution in [3.05, 3.63) is 0 Å². The number of rotatable bonds is 7. The van der Waals surface area contributed by atoms with E-state index in [9.17, 15) is 13.2 Å². The lowest BCUT2D eigenvalue weighted by atomic mass is 10.2. The van der Waals surface area contributed by atoms with Crippen molar-refractivity contribution in [2.75, 3.05) is 32.4 Å². The Morgan fingerprint density at radius 2 is 1.46 bits per heavy atom. The highest BCUT2D eigenvalue weighted by atomic mass is 127. The number of ether oxygens (including phenoxy) is 1. The van der Waals surface area contributed by atoms with Gasteiger partial charge in [0.25, 0.3) is 0 Å². The molecule has 0 radical (unpaired) electrons. The number of halogens is 1. The third kappa shape index (κ3) is 12.6. The largest absolute Gasteiger partial charge is 0.444 e. The number of carbonyl (C=O) groups is 1. The molecule has 0 spiro atoms. The standard InChI is InChI=1S/C16H34N4O4S.HI/c1-15(2,3)24-14(21)20-10-8-9-18-13(17-7)19-11-12-25(22,23)16(4,5)6;/h8-12H2,1-7H3,(H,20,21)(H2,17,18,19);1H. The molecule has 26 heavy (non-hydrogen) atoms. The highest BCUT2D eigenvalue weighted by molar-refractivity contribution is 14.0. The number of hydrogen-bond donors (Lipinski definition) is 3. The first-order valence-corrected chi connectivity index (χ1v) is 10.1. The minimum Gasteiger partial charge on any atom is -0.444 e. The molecule has 8 nitrogen and oxygen atoms in total. The third-order valence-corrected chi connectivity index (χ3v) is 5.74. The van der Waals surface area contributed by atoms with Crippen molar-refractivity contribution in [3.63, 3.8) is 0 Å². The van der Waals surface area contributed by atoms with Crippen molar-refractivity contribution < 1.29 is 17.9 Å². The van der Waals surface area contributed by atoms with Crippen molar-refractivity contribution in [2.45, 2.75) is 58.3 Å². The minimum atomic E-state index is -3.16. The van der Waals surface area contributed by atoms with Crippen LogP contribution in [0.2, 0.25) is 0 Å². The lowest BCUT2D eigenvalue weighted by molar-refractivity contribution is 0.0527. The maximum atomic E-state index is 12.0. The van der Waals surface area contributed by atoms with Crippen LogP contribution in [0.1, 0.15) is 48.0 Å². The Labute approximate surface area is 175 Å². The molecule has 0 aromatic rings. The summed E-state index contributed by atoms with van der Waals surface area (Å²) in [5.74, 6) is 0.568.